The fraction of sp³-hybridized carbons (Fsp3) is 0.530. The lowest BCUT2D eigenvalue weighted by atomic mass is 10.1. The molecular formula is C66H76F3N25O32P6S. The summed E-state index contributed by atoms with van der Waals surface area (Å²) in [6.45, 7) is -1.12. The minimum Gasteiger partial charge on any atom is -0.388 e. The van der Waals surface area contributed by atoms with Crippen LogP contribution in [0.1, 0.15) is 67.5 Å². The number of hydrogen-bond donors (Lipinski definition) is 10. The van der Waals surface area contributed by atoms with E-state index in [1.54, 1.807) is 18.9 Å². The van der Waals surface area contributed by atoms with Gasteiger partial charge in [-0.2, -0.15) is 0 Å². The zero-order chi connectivity index (χ0) is 94.3. The number of nitrogens with zero attached hydrogens (tertiary/aromatic N) is 24. The van der Waals surface area contributed by atoms with Crippen LogP contribution in [0.2, 0.25) is 0 Å². The Hall–Kier alpha value is -9.00. The average Bonchev–Trinajstić information content (AvgIpc) is 1.61. The molecule has 11 N–H and O–H groups in total. The molecule has 9 fully saturated rings. The molecule has 10 aliphatic rings. The summed E-state index contributed by atoms with van der Waals surface area (Å²) in [5, 5.41) is 33.3. The first-order chi connectivity index (χ1) is 62.9. The Labute approximate surface area is 744 Å². The second-order valence-electron chi connectivity index (χ2n) is 31.9. The van der Waals surface area contributed by atoms with E-state index in [1.165, 1.54) is 106 Å². The van der Waals surface area contributed by atoms with E-state index in [0.29, 0.717) is 34.1 Å². The smallest absolute Gasteiger partial charge is 0.388 e. The molecular weight excluding hydrogens is 1930 g/mol. The number of anilines is 1. The van der Waals surface area contributed by atoms with E-state index in [9.17, 15) is 81.9 Å². The number of imidazole rings is 6. The highest BCUT2D eigenvalue weighted by molar-refractivity contribution is 8.07. The van der Waals surface area contributed by atoms with Crippen LogP contribution in [0.5, 0.6) is 0 Å². The summed E-state index contributed by atoms with van der Waals surface area (Å²) >= 11 is 5.24. The van der Waals surface area contributed by atoms with Gasteiger partial charge in [0, 0.05) is 47.5 Å². The lowest BCUT2D eigenvalue weighted by molar-refractivity contribution is -0.0666. The third kappa shape index (κ3) is 17.2. The van der Waals surface area contributed by atoms with Crippen molar-refractivity contribution in [1.29, 1.82) is 0 Å². The first-order valence-electron chi connectivity index (χ1n) is 39.6. The van der Waals surface area contributed by atoms with Crippen molar-refractivity contribution in [2.75, 3.05) is 32.6 Å². The van der Waals surface area contributed by atoms with Crippen LogP contribution in [-0.4, -0.2) is 299 Å². The lowest BCUT2D eigenvalue weighted by Gasteiger charge is -2.30. The van der Waals surface area contributed by atoms with Crippen molar-refractivity contribution >= 4 is 137 Å². The minimum absolute atomic E-state index is 0.00699. The molecule has 6 bridgehead atoms. The molecule has 6 unspecified atom stereocenters. The predicted octanol–water partition coefficient (Wildman–Crippen LogP) is 0.333. The summed E-state index contributed by atoms with van der Waals surface area (Å²) in [6, 6.07) is -2.98. The Morgan fingerprint density at radius 1 is 0.406 bits per heavy atom. The van der Waals surface area contributed by atoms with Gasteiger partial charge in [0.25, 0.3) is 16.7 Å². The van der Waals surface area contributed by atoms with Crippen LogP contribution >= 0.6 is 45.8 Å². The maximum atomic E-state index is 16.1. The number of nitrogens with two attached hydrogens (primary N) is 1. The van der Waals surface area contributed by atoms with Crippen LogP contribution in [-0.2, 0) is 124 Å². The van der Waals surface area contributed by atoms with Gasteiger partial charge in [-0.1, -0.05) is 6.58 Å². The summed E-state index contributed by atoms with van der Waals surface area (Å²) in [5.41, 5.74) is 6.58. The van der Waals surface area contributed by atoms with Crippen molar-refractivity contribution < 1.29 is 149 Å². The van der Waals surface area contributed by atoms with Crippen molar-refractivity contribution in [3.05, 3.63) is 119 Å². The number of hydrogen-bond acceptors (Lipinski definition) is 43. The number of aromatic nitrogens is 22. The number of aliphatic hydroxyl groups is 3. The van der Waals surface area contributed by atoms with Crippen LogP contribution in [0.25, 0.3) is 61.5 Å². The number of nitrogen functional groups attached to an aromatic ring is 1. The summed E-state index contributed by atoms with van der Waals surface area (Å²) in [5.74, 6) is 0.365. The Morgan fingerprint density at radius 3 is 1.17 bits per heavy atom. The number of rotatable bonds is 6. The maximum absolute atomic E-state index is 16.1. The Kier molecular flexibility index (Phi) is 24.2. The molecule has 3 saturated carbocycles. The minimum atomic E-state index is -5.20. The molecule has 11 aromatic rings. The first kappa shape index (κ1) is 93.0. The summed E-state index contributed by atoms with van der Waals surface area (Å²) < 4.78 is 206. The van der Waals surface area contributed by atoms with Crippen molar-refractivity contribution in [2.24, 2.45) is 26.1 Å². The third-order valence-electron chi connectivity index (χ3n) is 23.6. The summed E-state index contributed by atoms with van der Waals surface area (Å²) in [6.07, 6.45) is -20.9. The number of aryl methyl sites for hydroxylation is 4. The molecule has 0 aromatic carbocycles. The normalized spacial score (nSPS) is 38.2. The van der Waals surface area contributed by atoms with Crippen LogP contribution in [0.3, 0.4) is 0 Å². The van der Waals surface area contributed by atoms with Gasteiger partial charge < -0.3 is 101 Å². The topological polar surface area (TPSA) is 711 Å². The van der Waals surface area contributed by atoms with Crippen LogP contribution in [0, 0.1) is 6.92 Å². The fourth-order valence-electron chi connectivity index (χ4n) is 17.2. The molecule has 0 radical (unpaired) electrons. The largest absolute Gasteiger partial charge is 0.473 e. The van der Waals surface area contributed by atoms with E-state index in [1.807, 2.05) is 0 Å². The molecule has 7 aliphatic heterocycles. The molecule has 714 valence electrons. The van der Waals surface area contributed by atoms with Gasteiger partial charge in [0.2, 0.25) is 0 Å². The highest BCUT2D eigenvalue weighted by Crippen LogP contribution is 2.62. The second-order valence-corrected chi connectivity index (χ2v) is 41.6. The molecule has 6 saturated heterocycles. The Balaban J connectivity index is 0.000000129. The number of aliphatic hydroxyl groups excluding tert-OH is 3. The van der Waals surface area contributed by atoms with Gasteiger partial charge in [-0.05, 0) is 18.7 Å². The van der Waals surface area contributed by atoms with Crippen LogP contribution in [0.4, 0.5) is 24.8 Å². The average molecular weight is 2010 g/mol. The first-order valence-corrected chi connectivity index (χ1v) is 49.7. The lowest BCUT2D eigenvalue weighted by Crippen LogP contribution is -2.37. The van der Waals surface area contributed by atoms with E-state index in [-0.39, 0.29) is 69.7 Å². The van der Waals surface area contributed by atoms with Gasteiger partial charge in [-0.15, -0.1) is 0 Å². The number of ether oxygens (including phenoxy) is 3. The summed E-state index contributed by atoms with van der Waals surface area (Å²) in [7, 11) is -19.2. The number of halogens is 3. The van der Waals surface area contributed by atoms with Crippen molar-refractivity contribution in [3.8, 4) is 0 Å². The van der Waals surface area contributed by atoms with Gasteiger partial charge >= 0.3 is 45.8 Å². The fourth-order valence-corrected chi connectivity index (χ4v) is 24.2. The SMILES string of the molecule is C=C1c2ncn([C@@H]3C[C@@H]4OP(O)(=S)O[C@H]5[C@@H](F)[C@H](n6cnc7c(=O)n(C)cnc76)O[C@@H]5COP(=O)(O)O[C@@H]3[C@@H]4O)c2N=CN1C.Cc1ncnc2c1ncn2[C@@H]1C[C@@H]2OP(=O)(O)O[C@H]3[C@@H](F)[C@H](n4cnc5c(N)ncnc54)O[C@@H]3COP(=O)(O)O[C@@H]1[C@@H]2O.Cn1cnc2c(ncn2[C@@H]2C[C@@H]3OP(=O)(O)O[C@H]4[C@@H](F)[C@H](n5cnc6c(=O)n(C)cnc65)O[C@@H]4COP(=O)(O)O[C@@H]2[C@@H]3O)c1=O. The van der Waals surface area contributed by atoms with Gasteiger partial charge in [0.15, 0.2) is 93.6 Å². The Morgan fingerprint density at radius 2 is 0.744 bits per heavy atom. The highest BCUT2D eigenvalue weighted by atomic mass is 32.5. The molecule has 18 heterocycles. The molecule has 133 heavy (non-hydrogen) atoms. The second kappa shape index (κ2) is 34.6. The quantitative estimate of drug-likeness (QED) is 0.100. The van der Waals surface area contributed by atoms with Gasteiger partial charge in [-0.25, -0.2) is 106 Å². The maximum Gasteiger partial charge on any atom is 0.473 e. The molecule has 0 amide bonds. The molecule has 3 aliphatic carbocycles. The van der Waals surface area contributed by atoms with E-state index < -0.39 is 229 Å². The zero-order valence-electron chi connectivity index (χ0n) is 68.7. The van der Waals surface area contributed by atoms with Crippen molar-refractivity contribution in [1.82, 2.24) is 111 Å². The molecule has 11 aromatic heterocycles. The summed E-state index contributed by atoms with van der Waals surface area (Å²) in [4.78, 5) is 161. The number of aliphatic imine (C=N–C) groups is 1. The molecule has 21 rings (SSSR count). The molecule has 30 atom stereocenters. The van der Waals surface area contributed by atoms with E-state index in [0.717, 1.165) is 32.7 Å². The number of phosphoric ester groups is 5. The highest BCUT2D eigenvalue weighted by Gasteiger charge is 2.61. The predicted molar refractivity (Wildman–Crippen MR) is 438 cm³/mol. The van der Waals surface area contributed by atoms with Crippen molar-refractivity contribution in [3.63, 3.8) is 0 Å². The van der Waals surface area contributed by atoms with Crippen LogP contribution < -0.4 is 22.4 Å². The molecule has 57 nitrogen and oxygen atoms in total. The zero-order valence-corrected chi connectivity index (χ0v) is 74.9. The van der Waals surface area contributed by atoms with E-state index >= 15 is 13.2 Å². The Bertz CT molecular complexity index is 7010. The number of phosphoric acid groups is 5. The van der Waals surface area contributed by atoms with Crippen molar-refractivity contribution in [2.45, 2.75) is 173 Å². The van der Waals surface area contributed by atoms with E-state index in [4.69, 9.17) is 86.0 Å². The number of alkyl halides is 3. The molecule has 0 spiro atoms. The van der Waals surface area contributed by atoms with Gasteiger partial charge in [-0.3, -0.25) is 77.8 Å². The van der Waals surface area contributed by atoms with E-state index in [2.05, 4.69) is 76.4 Å². The third-order valence-corrected chi connectivity index (χ3v) is 30.2. The van der Waals surface area contributed by atoms with Gasteiger partial charge in [0.05, 0.1) is 119 Å². The van der Waals surface area contributed by atoms with Gasteiger partial charge in [0.1, 0.15) is 115 Å². The standard InChI is InChI=1S/C23H27FN8O10P2S.C22H25FN8O12P2.C21H24FN9O10P2/c1-10-15-20(27-6-29(10)2)31(8-25-15)11-4-12-17(33)18(11)41-43(35,36)38-5-13-19(42-44(37,45)40-12)14(24)23(39-13)32-9-26-16-21(32)28-7-30(3)22(16)34;1-28-5-26-18-13(20(28)33)24-7-30(18)9-3-10-15(32)16(9)42-44(35,36)39-4-11-17(43-45(37,38)41-10)12(23)22(40-11)31-8-25-14-19(31)27-6-29(2)21(14)34;1-8-13-19(26-4-24-8)30(6-28-13)9-2-10-15(32)16(9)40-42(33,34)37-3-11-17(41-43(35,36)39-10)12(22)21(38-11)31-7-29-14-18(23)25-5-27-20(14)31/h6-9,11-14,17-19,23,33H,1,4-5H2,2-3H3,(H,35,36)(H,37,45);5-12,15-17,22,32H,3-4H2,1-2H3,(H,35,36)(H,37,38);4-7,9-12,15-17,21,32H,2-3H2,1H3,(H,33,34)(H,35,36)(H2,23,25,27)/t11-,12+,13-,14-,17-,18+,19-,23-,44?;9-,10+,11-,12-,15-,16+,17-,22-;9-,10+,11-,12-,15-,16+,17-,21-/m111/s1. The van der Waals surface area contributed by atoms with Crippen LogP contribution in [0.15, 0.2) is 95.6 Å². The molecule has 67 heteroatoms. The number of fused-ring (bicyclic) bond motifs is 15. The monoisotopic (exact) mass is 2010 g/mol.